The van der Waals surface area contributed by atoms with Gasteiger partial charge in [0.15, 0.2) is 0 Å². The highest BCUT2D eigenvalue weighted by molar-refractivity contribution is 8.92. The van der Waals surface area contributed by atoms with Crippen LogP contribution >= 0.6 is 21.6 Å². The number of hydrogen-bond acceptors (Lipinski definition) is 3. The van der Waals surface area contributed by atoms with Gasteiger partial charge in [-0.1, -0.05) is 21.6 Å². The predicted molar refractivity (Wildman–Crippen MR) is 42.5 cm³/mol. The van der Waals surface area contributed by atoms with Gasteiger partial charge in [-0.05, 0) is 18.8 Å². The summed E-state index contributed by atoms with van der Waals surface area (Å²) in [4.78, 5) is 0. The van der Waals surface area contributed by atoms with Crippen LogP contribution < -0.4 is 0 Å². The molecular weight excluding hydrogens is 152 g/mol. The first kappa shape index (κ1) is 6.38. The Kier molecular flexibility index (Phi) is 1.93. The van der Waals surface area contributed by atoms with E-state index < -0.39 is 0 Å². The maximum absolute atomic E-state index is 5.26. The van der Waals surface area contributed by atoms with Crippen molar-refractivity contribution in [1.29, 1.82) is 0 Å². The molecule has 52 valence electrons. The molecule has 2 aliphatic heterocycles. The normalized spacial score (nSPS) is 30.7. The van der Waals surface area contributed by atoms with Gasteiger partial charge in [0.25, 0.3) is 0 Å². The summed E-state index contributed by atoms with van der Waals surface area (Å²) in [5.74, 6) is 0.966. The first-order valence-corrected chi connectivity index (χ1v) is 5.64. The second-order valence-electron chi connectivity index (χ2n) is 2.51. The maximum Gasteiger partial charge on any atom is 0.0740 e. The average Bonchev–Trinajstić information content (AvgIpc) is 2.71. The summed E-state index contributed by atoms with van der Waals surface area (Å²) < 4.78 is 6.20. The van der Waals surface area contributed by atoms with Crippen molar-refractivity contribution in [3.8, 4) is 0 Å². The zero-order valence-corrected chi connectivity index (χ0v) is 6.84. The molecule has 0 amide bonds. The smallest absolute Gasteiger partial charge is 0.0740 e. The summed E-state index contributed by atoms with van der Waals surface area (Å²) in [5, 5.41) is 0. The first-order chi connectivity index (χ1) is 4.47. The maximum atomic E-state index is 5.26. The molecule has 2 rings (SSSR count). The van der Waals surface area contributed by atoms with Crippen molar-refractivity contribution >= 4 is 21.6 Å². The van der Waals surface area contributed by atoms with Gasteiger partial charge in [0, 0.05) is 13.2 Å². The van der Waals surface area contributed by atoms with E-state index in [4.69, 9.17) is 4.74 Å². The zero-order valence-electron chi connectivity index (χ0n) is 5.21. The Labute approximate surface area is 63.3 Å². The third kappa shape index (κ3) is 1.57. The highest BCUT2D eigenvalue weighted by atomic mass is 33.2. The van der Waals surface area contributed by atoms with E-state index in [1.165, 1.54) is 12.8 Å². The Morgan fingerprint density at radius 2 is 1.78 bits per heavy atom. The summed E-state index contributed by atoms with van der Waals surface area (Å²) in [6.07, 6.45) is 2.59. The molecule has 1 nitrogen and oxygen atoms in total. The van der Waals surface area contributed by atoms with Gasteiger partial charge < -0.3 is 4.74 Å². The molecule has 0 N–H and O–H groups in total. The van der Waals surface area contributed by atoms with Crippen molar-refractivity contribution in [2.45, 2.75) is 17.4 Å². The minimum Gasteiger partial charge on any atom is -0.381 e. The molecule has 0 spiro atoms. The van der Waals surface area contributed by atoms with Crippen molar-refractivity contribution in [1.82, 2.24) is 0 Å². The van der Waals surface area contributed by atoms with Crippen molar-refractivity contribution in [3.63, 3.8) is 0 Å². The van der Waals surface area contributed by atoms with Gasteiger partial charge in [-0.25, -0.2) is 0 Å². The second-order valence-corrected chi connectivity index (χ2v) is 5.36. The van der Waals surface area contributed by atoms with Crippen LogP contribution in [0.15, 0.2) is 0 Å². The van der Waals surface area contributed by atoms with Gasteiger partial charge in [-0.15, -0.1) is 0 Å². The van der Waals surface area contributed by atoms with Crippen molar-refractivity contribution in [3.05, 3.63) is 0 Å². The van der Waals surface area contributed by atoms with Gasteiger partial charge in [0.2, 0.25) is 0 Å². The Balaban J connectivity index is 1.80. The summed E-state index contributed by atoms with van der Waals surface area (Å²) in [7, 11) is 4.07. The van der Waals surface area contributed by atoms with E-state index in [9.17, 15) is 0 Å². The summed E-state index contributed by atoms with van der Waals surface area (Å²) in [6.45, 7) is 2.00. The quantitative estimate of drug-likeness (QED) is 0.432. The van der Waals surface area contributed by atoms with Crippen molar-refractivity contribution in [2.75, 3.05) is 13.2 Å². The molecule has 0 aliphatic carbocycles. The van der Waals surface area contributed by atoms with Gasteiger partial charge in [0.05, 0.1) is 4.58 Å². The van der Waals surface area contributed by atoms with Crippen LogP contribution in [0.3, 0.4) is 0 Å². The molecule has 2 aliphatic rings. The Hall–Kier alpha value is 0.660. The van der Waals surface area contributed by atoms with Crippen molar-refractivity contribution < 1.29 is 4.74 Å². The third-order valence-corrected chi connectivity index (χ3v) is 4.29. The Morgan fingerprint density at radius 1 is 1.11 bits per heavy atom. The van der Waals surface area contributed by atoms with Crippen LogP contribution in [0.2, 0.25) is 0 Å². The number of ether oxygens (including phenoxy) is 1. The Bertz CT molecular complexity index is 97.2. The van der Waals surface area contributed by atoms with Crippen LogP contribution in [0.4, 0.5) is 0 Å². The van der Waals surface area contributed by atoms with E-state index in [0.717, 1.165) is 23.7 Å². The molecule has 0 aromatic heterocycles. The number of rotatable bonds is 1. The monoisotopic (exact) mass is 162 g/mol. The largest absolute Gasteiger partial charge is 0.381 e. The molecule has 2 saturated heterocycles. The molecule has 0 radical (unpaired) electrons. The lowest BCUT2D eigenvalue weighted by atomic mass is 10.0. The SMILES string of the molecule is C1CC(C2SS2)CCO1. The van der Waals surface area contributed by atoms with E-state index >= 15 is 0 Å². The van der Waals surface area contributed by atoms with E-state index in [-0.39, 0.29) is 0 Å². The molecule has 0 aromatic rings. The van der Waals surface area contributed by atoms with Gasteiger partial charge in [-0.2, -0.15) is 0 Å². The van der Waals surface area contributed by atoms with E-state index in [0.29, 0.717) is 0 Å². The van der Waals surface area contributed by atoms with E-state index in [1.807, 2.05) is 21.6 Å². The molecule has 0 saturated carbocycles. The second kappa shape index (κ2) is 2.72. The van der Waals surface area contributed by atoms with Gasteiger partial charge in [-0.3, -0.25) is 0 Å². The minimum atomic E-state index is 0.939. The molecule has 0 bridgehead atoms. The molecule has 3 heteroatoms. The topological polar surface area (TPSA) is 9.23 Å². The molecule has 0 atom stereocenters. The zero-order chi connectivity index (χ0) is 6.10. The lowest BCUT2D eigenvalue weighted by Crippen LogP contribution is -2.18. The Morgan fingerprint density at radius 3 is 2.33 bits per heavy atom. The van der Waals surface area contributed by atoms with Crippen LogP contribution in [0.25, 0.3) is 0 Å². The van der Waals surface area contributed by atoms with Crippen molar-refractivity contribution in [2.24, 2.45) is 5.92 Å². The van der Waals surface area contributed by atoms with Crippen LogP contribution in [-0.2, 0) is 4.74 Å². The third-order valence-electron chi connectivity index (χ3n) is 1.86. The van der Waals surface area contributed by atoms with Gasteiger partial charge in [0.1, 0.15) is 0 Å². The molecule has 2 fully saturated rings. The highest BCUT2D eigenvalue weighted by Gasteiger charge is 2.34. The standard InChI is InChI=1S/C6H10OS2/c1-3-7-4-2-5(1)6-8-9-6/h5-6H,1-4H2. The van der Waals surface area contributed by atoms with Gasteiger partial charge >= 0.3 is 0 Å². The van der Waals surface area contributed by atoms with Crippen LogP contribution in [-0.4, -0.2) is 17.8 Å². The summed E-state index contributed by atoms with van der Waals surface area (Å²) >= 11 is 0. The first-order valence-electron chi connectivity index (χ1n) is 3.37. The lowest BCUT2D eigenvalue weighted by molar-refractivity contribution is 0.0715. The lowest BCUT2D eigenvalue weighted by Gasteiger charge is -2.19. The molecule has 2 heterocycles. The van der Waals surface area contributed by atoms with Crippen LogP contribution in [0, 0.1) is 5.92 Å². The number of hydrogen-bond donors (Lipinski definition) is 0. The predicted octanol–water partition coefficient (Wildman–Crippen LogP) is 2.13. The fraction of sp³-hybridized carbons (Fsp3) is 1.00. The fourth-order valence-electron chi connectivity index (χ4n) is 1.18. The fourth-order valence-corrected chi connectivity index (χ4v) is 3.24. The average molecular weight is 162 g/mol. The van der Waals surface area contributed by atoms with E-state index in [1.54, 1.807) is 0 Å². The molecular formula is C6H10OS2. The van der Waals surface area contributed by atoms with E-state index in [2.05, 4.69) is 0 Å². The molecule has 0 aromatic carbocycles. The van der Waals surface area contributed by atoms with Crippen LogP contribution in [0.5, 0.6) is 0 Å². The summed E-state index contributed by atoms with van der Waals surface area (Å²) in [5.41, 5.74) is 0. The minimum absolute atomic E-state index is 0.939. The molecule has 0 unspecified atom stereocenters. The summed E-state index contributed by atoms with van der Waals surface area (Å²) in [6, 6.07) is 0. The van der Waals surface area contributed by atoms with Crippen LogP contribution in [0.1, 0.15) is 12.8 Å². The molecule has 9 heavy (non-hydrogen) atoms. The highest BCUT2D eigenvalue weighted by Crippen LogP contribution is 2.58.